The van der Waals surface area contributed by atoms with Gasteiger partial charge in [-0.25, -0.2) is 0 Å². The molecule has 4 nitrogen and oxygen atoms in total. The lowest BCUT2D eigenvalue weighted by molar-refractivity contribution is -0.134. The van der Waals surface area contributed by atoms with E-state index in [9.17, 15) is 4.79 Å². The van der Waals surface area contributed by atoms with Crippen LogP contribution in [0.5, 0.6) is 0 Å². The number of carbonyl (C=O) groups is 1. The van der Waals surface area contributed by atoms with E-state index in [-0.39, 0.29) is 0 Å². The van der Waals surface area contributed by atoms with Gasteiger partial charge in [0.1, 0.15) is 0 Å². The van der Waals surface area contributed by atoms with Crippen LogP contribution < -0.4 is 0 Å². The van der Waals surface area contributed by atoms with Gasteiger partial charge in [-0.05, 0) is 30.9 Å². The summed E-state index contributed by atoms with van der Waals surface area (Å²) in [6.07, 6.45) is 9.12. The van der Waals surface area contributed by atoms with Crippen LogP contribution in [0.4, 0.5) is 0 Å². The molecule has 1 aliphatic heterocycles. The molecule has 3 rings (SSSR count). The van der Waals surface area contributed by atoms with Crippen molar-refractivity contribution in [2.24, 2.45) is 5.92 Å². The molecule has 2 heterocycles. The van der Waals surface area contributed by atoms with Gasteiger partial charge in [0.2, 0.25) is 5.91 Å². The van der Waals surface area contributed by atoms with E-state index in [0.717, 1.165) is 44.8 Å². The van der Waals surface area contributed by atoms with Crippen LogP contribution in [-0.2, 0) is 11.3 Å². The number of rotatable bonds is 4. The highest BCUT2D eigenvalue weighted by Crippen LogP contribution is 2.27. The quantitative estimate of drug-likeness (QED) is 0.858. The van der Waals surface area contributed by atoms with Crippen molar-refractivity contribution in [2.45, 2.75) is 45.1 Å². The Kier molecular flexibility index (Phi) is 5.43. The molecule has 0 aromatic carbocycles. The first kappa shape index (κ1) is 15.5. The number of hydrogen-bond acceptors (Lipinski definition) is 3. The summed E-state index contributed by atoms with van der Waals surface area (Å²) in [7, 11) is 0. The van der Waals surface area contributed by atoms with E-state index in [1.165, 1.54) is 32.1 Å². The zero-order valence-electron chi connectivity index (χ0n) is 13.4. The summed E-state index contributed by atoms with van der Waals surface area (Å²) in [5.41, 5.74) is 1.12. The molecule has 0 atom stereocenters. The Morgan fingerprint density at radius 2 is 1.86 bits per heavy atom. The maximum Gasteiger partial charge on any atom is 0.222 e. The molecule has 1 saturated carbocycles. The highest BCUT2D eigenvalue weighted by atomic mass is 16.2. The Balaban J connectivity index is 1.42. The van der Waals surface area contributed by atoms with Crippen molar-refractivity contribution in [3.8, 4) is 0 Å². The summed E-state index contributed by atoms with van der Waals surface area (Å²) in [4.78, 5) is 21.3. The van der Waals surface area contributed by atoms with Gasteiger partial charge in [0.15, 0.2) is 0 Å². The Morgan fingerprint density at radius 1 is 1.09 bits per heavy atom. The lowest BCUT2D eigenvalue weighted by atomic mass is 9.86. The molecule has 0 unspecified atom stereocenters. The maximum absolute atomic E-state index is 12.4. The van der Waals surface area contributed by atoms with Crippen LogP contribution in [0.3, 0.4) is 0 Å². The van der Waals surface area contributed by atoms with E-state index in [0.29, 0.717) is 11.8 Å². The maximum atomic E-state index is 12.4. The van der Waals surface area contributed by atoms with Gasteiger partial charge in [0, 0.05) is 45.3 Å². The minimum absolute atomic E-state index is 0.379. The summed E-state index contributed by atoms with van der Waals surface area (Å²) in [5.74, 6) is 1.03. The first-order chi connectivity index (χ1) is 10.8. The van der Waals surface area contributed by atoms with E-state index >= 15 is 0 Å². The van der Waals surface area contributed by atoms with Crippen LogP contribution in [0, 0.1) is 5.92 Å². The first-order valence-corrected chi connectivity index (χ1v) is 8.71. The van der Waals surface area contributed by atoms with E-state index in [1.54, 1.807) is 0 Å². The fraction of sp³-hybridized carbons (Fsp3) is 0.667. The van der Waals surface area contributed by atoms with Crippen molar-refractivity contribution in [1.29, 1.82) is 0 Å². The van der Waals surface area contributed by atoms with Crippen molar-refractivity contribution in [2.75, 3.05) is 26.2 Å². The van der Waals surface area contributed by atoms with Crippen LogP contribution in [0.1, 0.15) is 44.2 Å². The standard InChI is InChI=1S/C18H27N3O/c22-18(14-16-6-2-1-3-7-16)21-12-10-20(11-13-21)15-17-8-4-5-9-19-17/h4-5,8-9,16H,1-3,6-7,10-15H2. The normalized spacial score (nSPS) is 21.0. The average Bonchev–Trinajstić information content (AvgIpc) is 2.57. The minimum atomic E-state index is 0.379. The predicted molar refractivity (Wildman–Crippen MR) is 87.3 cm³/mol. The summed E-state index contributed by atoms with van der Waals surface area (Å²) in [6.45, 7) is 4.57. The molecule has 120 valence electrons. The van der Waals surface area contributed by atoms with Crippen LogP contribution in [0.25, 0.3) is 0 Å². The summed E-state index contributed by atoms with van der Waals surface area (Å²) in [5, 5.41) is 0. The SMILES string of the molecule is O=C(CC1CCCCC1)N1CCN(Cc2ccccn2)CC1. The van der Waals surface area contributed by atoms with Crippen molar-refractivity contribution in [3.05, 3.63) is 30.1 Å². The molecule has 0 N–H and O–H groups in total. The number of carbonyl (C=O) groups excluding carboxylic acids is 1. The smallest absolute Gasteiger partial charge is 0.222 e. The second-order valence-corrected chi connectivity index (χ2v) is 6.69. The molecule has 0 bridgehead atoms. The number of piperazine rings is 1. The fourth-order valence-corrected chi connectivity index (χ4v) is 3.64. The molecular formula is C18H27N3O. The van der Waals surface area contributed by atoms with Gasteiger partial charge < -0.3 is 4.90 Å². The zero-order chi connectivity index (χ0) is 15.2. The lowest BCUT2D eigenvalue weighted by Crippen LogP contribution is -2.48. The molecule has 1 aliphatic carbocycles. The van der Waals surface area contributed by atoms with Gasteiger partial charge in [-0.2, -0.15) is 0 Å². The monoisotopic (exact) mass is 301 g/mol. The summed E-state index contributed by atoms with van der Waals surface area (Å²) < 4.78 is 0. The number of nitrogens with zero attached hydrogens (tertiary/aromatic N) is 3. The van der Waals surface area contributed by atoms with Crippen LogP contribution >= 0.6 is 0 Å². The highest BCUT2D eigenvalue weighted by Gasteiger charge is 2.24. The molecular weight excluding hydrogens is 274 g/mol. The molecule has 1 amide bonds. The molecule has 2 aliphatic rings. The Morgan fingerprint density at radius 3 is 2.55 bits per heavy atom. The van der Waals surface area contributed by atoms with Gasteiger partial charge in [-0.3, -0.25) is 14.7 Å². The molecule has 0 radical (unpaired) electrons. The Bertz CT molecular complexity index is 462. The largest absolute Gasteiger partial charge is 0.340 e. The number of hydrogen-bond donors (Lipinski definition) is 0. The molecule has 1 saturated heterocycles. The second-order valence-electron chi connectivity index (χ2n) is 6.69. The van der Waals surface area contributed by atoms with E-state index < -0.39 is 0 Å². The second kappa shape index (κ2) is 7.73. The van der Waals surface area contributed by atoms with Gasteiger partial charge in [0.25, 0.3) is 0 Å². The van der Waals surface area contributed by atoms with Crippen LogP contribution in [-0.4, -0.2) is 46.9 Å². The Hall–Kier alpha value is -1.42. The van der Waals surface area contributed by atoms with E-state index in [2.05, 4.69) is 20.9 Å². The molecule has 4 heteroatoms. The van der Waals surface area contributed by atoms with Gasteiger partial charge in [-0.15, -0.1) is 0 Å². The predicted octanol–water partition coefficient (Wildman–Crippen LogP) is 2.70. The fourth-order valence-electron chi connectivity index (χ4n) is 3.64. The molecule has 0 spiro atoms. The van der Waals surface area contributed by atoms with Crippen LogP contribution in [0.2, 0.25) is 0 Å². The number of pyridine rings is 1. The molecule has 2 fully saturated rings. The molecule has 22 heavy (non-hydrogen) atoms. The summed E-state index contributed by atoms with van der Waals surface area (Å²) in [6, 6.07) is 6.05. The Labute approximate surface area is 133 Å². The average molecular weight is 301 g/mol. The summed E-state index contributed by atoms with van der Waals surface area (Å²) >= 11 is 0. The van der Waals surface area contributed by atoms with Crippen molar-refractivity contribution >= 4 is 5.91 Å². The lowest BCUT2D eigenvalue weighted by Gasteiger charge is -2.35. The van der Waals surface area contributed by atoms with Crippen LogP contribution in [0.15, 0.2) is 24.4 Å². The number of amides is 1. The van der Waals surface area contributed by atoms with Crippen molar-refractivity contribution in [3.63, 3.8) is 0 Å². The molecule has 1 aromatic heterocycles. The highest BCUT2D eigenvalue weighted by molar-refractivity contribution is 5.76. The topological polar surface area (TPSA) is 36.4 Å². The van der Waals surface area contributed by atoms with Gasteiger partial charge >= 0.3 is 0 Å². The molecule has 1 aromatic rings. The third-order valence-corrected chi connectivity index (χ3v) is 5.02. The third kappa shape index (κ3) is 4.29. The zero-order valence-corrected chi connectivity index (χ0v) is 13.4. The van der Waals surface area contributed by atoms with Crippen molar-refractivity contribution < 1.29 is 4.79 Å². The van der Waals surface area contributed by atoms with E-state index in [1.807, 2.05) is 18.3 Å². The minimum Gasteiger partial charge on any atom is -0.340 e. The van der Waals surface area contributed by atoms with Gasteiger partial charge in [0.05, 0.1) is 5.69 Å². The van der Waals surface area contributed by atoms with Gasteiger partial charge in [-0.1, -0.05) is 25.3 Å². The first-order valence-electron chi connectivity index (χ1n) is 8.71. The third-order valence-electron chi connectivity index (χ3n) is 5.02. The van der Waals surface area contributed by atoms with Crippen molar-refractivity contribution in [1.82, 2.24) is 14.8 Å². The number of aromatic nitrogens is 1. The van der Waals surface area contributed by atoms with E-state index in [4.69, 9.17) is 0 Å².